The highest BCUT2D eigenvalue weighted by Crippen LogP contribution is 2.46. The molecule has 1 saturated carbocycles. The topological polar surface area (TPSA) is 169 Å². The van der Waals surface area contributed by atoms with Crippen molar-refractivity contribution >= 4 is 77.8 Å². The number of nitrogens with one attached hydrogen (secondary N) is 4. The molecule has 4 N–H and O–H groups in total. The highest BCUT2D eigenvalue weighted by atomic mass is 35.5. The lowest BCUT2D eigenvalue weighted by Crippen LogP contribution is -2.21. The lowest BCUT2D eigenvalue weighted by Gasteiger charge is -2.14. The van der Waals surface area contributed by atoms with Gasteiger partial charge in [0.25, 0.3) is 20.0 Å². The molecule has 1 fully saturated rings. The number of ether oxygens (including phenoxy) is 2. The van der Waals surface area contributed by atoms with Gasteiger partial charge < -0.3 is 20.1 Å². The first kappa shape index (κ1) is 34.6. The minimum atomic E-state index is -4.21. The first-order valence-electron chi connectivity index (χ1n) is 14.0. The van der Waals surface area contributed by atoms with Crippen LogP contribution in [-0.4, -0.2) is 42.9 Å². The Balaban J connectivity index is 1.27. The maximum absolute atomic E-state index is 13.2. The van der Waals surface area contributed by atoms with E-state index in [4.69, 9.17) is 32.7 Å². The van der Waals surface area contributed by atoms with E-state index in [9.17, 15) is 26.4 Å². The number of halogens is 2. The van der Waals surface area contributed by atoms with Gasteiger partial charge in [-0.15, -0.1) is 0 Å². The Labute approximate surface area is 287 Å². The van der Waals surface area contributed by atoms with Gasteiger partial charge in [-0.2, -0.15) is 0 Å². The van der Waals surface area contributed by atoms with Gasteiger partial charge in [0.2, 0.25) is 11.8 Å². The molecule has 2 atom stereocenters. The molecule has 2 amide bonds. The Bertz CT molecular complexity index is 2010. The Morgan fingerprint density at radius 1 is 0.646 bits per heavy atom. The number of anilines is 4. The summed E-state index contributed by atoms with van der Waals surface area (Å²) in [5.74, 6) is -2.50. The Morgan fingerprint density at radius 3 is 1.40 bits per heavy atom. The van der Waals surface area contributed by atoms with Crippen LogP contribution in [0.2, 0.25) is 10.0 Å². The van der Waals surface area contributed by atoms with Crippen molar-refractivity contribution in [2.24, 2.45) is 11.8 Å². The van der Waals surface area contributed by atoms with Crippen LogP contribution in [0.3, 0.4) is 0 Å². The van der Waals surface area contributed by atoms with Crippen LogP contribution in [0.5, 0.6) is 11.5 Å². The minimum Gasteiger partial charge on any atom is -0.495 e. The fourth-order valence-electron chi connectivity index (χ4n) is 4.83. The van der Waals surface area contributed by atoms with E-state index < -0.39 is 43.7 Å². The molecule has 5 rings (SSSR count). The second-order valence-electron chi connectivity index (χ2n) is 10.4. The van der Waals surface area contributed by atoms with Crippen LogP contribution >= 0.6 is 23.2 Å². The molecule has 2 unspecified atom stereocenters. The van der Waals surface area contributed by atoms with Crippen LogP contribution < -0.4 is 29.6 Å². The molecular weight excluding hydrogens is 703 g/mol. The van der Waals surface area contributed by atoms with Crippen molar-refractivity contribution in [3.8, 4) is 11.5 Å². The van der Waals surface area contributed by atoms with E-state index in [0.717, 1.165) is 0 Å². The number of amides is 2. The monoisotopic (exact) mass is 730 g/mol. The Kier molecular flexibility index (Phi) is 9.91. The molecule has 0 saturated heterocycles. The first-order chi connectivity index (χ1) is 22.8. The standard InChI is InChI=1S/C32H28Cl2N4O8S2/c1-18-29(31(39)35-19-12-14-21(33)27(16-19)47(41,42)37-23-8-4-6-10-25(23)45-2)30(18)32(40)36-20-13-15-22(34)28(17-20)48(43,44)38-24-9-5-7-11-26(24)46-3/h4-17,29-30,37-38H,1H2,2-3H3,(H,35,39)(H,36,40). The summed E-state index contributed by atoms with van der Waals surface area (Å²) in [4.78, 5) is 25.7. The lowest BCUT2D eigenvalue weighted by atomic mass is 10.2. The van der Waals surface area contributed by atoms with Gasteiger partial charge in [-0.1, -0.05) is 59.6 Å². The van der Waals surface area contributed by atoms with Crippen LogP contribution in [0, 0.1) is 11.8 Å². The molecular formula is C32H28Cl2N4O8S2. The molecule has 0 radical (unpaired) electrons. The molecule has 1 aliphatic carbocycles. The van der Waals surface area contributed by atoms with E-state index in [0.29, 0.717) is 17.1 Å². The molecule has 0 aromatic heterocycles. The van der Waals surface area contributed by atoms with Crippen molar-refractivity contribution < 1.29 is 35.9 Å². The molecule has 250 valence electrons. The average Bonchev–Trinajstić information content (AvgIpc) is 3.73. The molecule has 48 heavy (non-hydrogen) atoms. The van der Waals surface area contributed by atoms with Gasteiger partial charge in [-0.05, 0) is 60.7 Å². The van der Waals surface area contributed by atoms with Gasteiger partial charge in [-0.25, -0.2) is 16.8 Å². The van der Waals surface area contributed by atoms with E-state index in [1.54, 1.807) is 36.4 Å². The zero-order valence-corrected chi connectivity index (χ0v) is 28.4. The van der Waals surface area contributed by atoms with Crippen LogP contribution in [0.25, 0.3) is 0 Å². The maximum Gasteiger partial charge on any atom is 0.263 e. The van der Waals surface area contributed by atoms with Gasteiger partial charge in [0, 0.05) is 11.4 Å². The Morgan fingerprint density at radius 2 is 1.02 bits per heavy atom. The highest BCUT2D eigenvalue weighted by Gasteiger charge is 2.52. The largest absolute Gasteiger partial charge is 0.495 e. The summed E-state index contributed by atoms with van der Waals surface area (Å²) in [6.07, 6.45) is 0. The highest BCUT2D eigenvalue weighted by molar-refractivity contribution is 7.93. The number of rotatable bonds is 12. The van der Waals surface area contributed by atoms with Crippen molar-refractivity contribution in [1.82, 2.24) is 0 Å². The summed E-state index contributed by atoms with van der Waals surface area (Å²) >= 11 is 12.4. The van der Waals surface area contributed by atoms with Gasteiger partial charge in [0.05, 0.1) is 47.5 Å². The van der Waals surface area contributed by atoms with Crippen LogP contribution in [-0.2, 0) is 29.6 Å². The third-order valence-corrected chi connectivity index (χ3v) is 11.0. The molecule has 0 bridgehead atoms. The fourth-order valence-corrected chi connectivity index (χ4v) is 8.02. The molecule has 4 aromatic carbocycles. The molecule has 0 heterocycles. The van der Waals surface area contributed by atoms with Crippen molar-refractivity contribution in [2.75, 3.05) is 34.3 Å². The first-order valence-corrected chi connectivity index (χ1v) is 17.7. The van der Waals surface area contributed by atoms with Crippen LogP contribution in [0.1, 0.15) is 0 Å². The minimum absolute atomic E-state index is 0.0917. The molecule has 4 aromatic rings. The van der Waals surface area contributed by atoms with Gasteiger partial charge >= 0.3 is 0 Å². The van der Waals surface area contributed by atoms with Crippen LogP contribution in [0.15, 0.2) is 107 Å². The quantitative estimate of drug-likeness (QED) is 0.129. The smallest absolute Gasteiger partial charge is 0.263 e. The van der Waals surface area contributed by atoms with E-state index in [1.165, 1.54) is 62.8 Å². The summed E-state index contributed by atoms with van der Waals surface area (Å²) < 4.78 is 68.0. The van der Waals surface area contributed by atoms with Gasteiger partial charge in [-0.3, -0.25) is 19.0 Å². The van der Waals surface area contributed by atoms with E-state index >= 15 is 0 Å². The third kappa shape index (κ3) is 7.36. The zero-order chi connectivity index (χ0) is 34.8. The number of hydrogen-bond acceptors (Lipinski definition) is 8. The van der Waals surface area contributed by atoms with Crippen molar-refractivity contribution in [3.63, 3.8) is 0 Å². The van der Waals surface area contributed by atoms with Crippen molar-refractivity contribution in [2.45, 2.75) is 9.79 Å². The van der Waals surface area contributed by atoms with Crippen molar-refractivity contribution in [3.05, 3.63) is 107 Å². The molecule has 12 nitrogen and oxygen atoms in total. The summed E-state index contributed by atoms with van der Waals surface area (Å²) in [6.45, 7) is 3.82. The predicted octanol–water partition coefficient (Wildman–Crippen LogP) is 5.99. The number of sulfonamides is 2. The lowest BCUT2D eigenvalue weighted by molar-refractivity contribution is -0.122. The molecule has 0 spiro atoms. The Hall–Kier alpha value is -4.76. The van der Waals surface area contributed by atoms with E-state index in [1.807, 2.05) is 0 Å². The zero-order valence-electron chi connectivity index (χ0n) is 25.3. The normalized spacial score (nSPS) is 15.6. The number of benzene rings is 4. The second kappa shape index (κ2) is 13.8. The van der Waals surface area contributed by atoms with Crippen LogP contribution in [0.4, 0.5) is 22.7 Å². The average molecular weight is 732 g/mol. The predicted molar refractivity (Wildman–Crippen MR) is 184 cm³/mol. The number of methoxy groups -OCH3 is 2. The van der Waals surface area contributed by atoms with Gasteiger partial charge in [0.1, 0.15) is 21.3 Å². The third-order valence-electron chi connectivity index (χ3n) is 7.27. The van der Waals surface area contributed by atoms with E-state index in [-0.39, 0.29) is 42.6 Å². The number of hydrogen-bond donors (Lipinski definition) is 4. The number of carbonyl (C=O) groups is 2. The summed E-state index contributed by atoms with van der Waals surface area (Å²) in [5, 5.41) is 5.03. The SMILES string of the molecule is C=C1C(C(=O)Nc2ccc(Cl)c(S(=O)(=O)Nc3ccccc3OC)c2)C1C(=O)Nc1ccc(Cl)c(S(=O)(=O)Nc2ccccc2OC)c1. The number of para-hydroxylation sites is 4. The summed E-state index contributed by atoms with van der Waals surface area (Å²) in [6, 6.07) is 20.6. The van der Waals surface area contributed by atoms with E-state index in [2.05, 4.69) is 26.7 Å². The summed E-state index contributed by atoms with van der Waals surface area (Å²) in [7, 11) is -5.62. The fraction of sp³-hybridized carbons (Fsp3) is 0.125. The maximum atomic E-state index is 13.2. The van der Waals surface area contributed by atoms with Gasteiger partial charge in [0.15, 0.2) is 0 Å². The molecule has 16 heteroatoms. The molecule has 0 aliphatic heterocycles. The molecule has 1 aliphatic rings. The second-order valence-corrected chi connectivity index (χ2v) is 14.5. The number of carbonyl (C=O) groups excluding carboxylic acids is 2. The van der Waals surface area contributed by atoms with Crippen molar-refractivity contribution in [1.29, 1.82) is 0 Å². The summed E-state index contributed by atoms with van der Waals surface area (Å²) in [5.41, 5.74) is 0.903.